The number of urea groups is 1. The SMILES string of the molecule is CSCCC(C)NC(=O)NCC(C)(C)C(=O)O. The summed E-state index contributed by atoms with van der Waals surface area (Å²) < 4.78 is 0. The highest BCUT2D eigenvalue weighted by Crippen LogP contribution is 2.12. The fourth-order valence-electron chi connectivity index (χ4n) is 1.02. The molecular formula is C11H22N2O3S. The molecule has 3 N–H and O–H groups in total. The van der Waals surface area contributed by atoms with Crippen molar-refractivity contribution in [3.8, 4) is 0 Å². The van der Waals surface area contributed by atoms with Crippen LogP contribution in [-0.4, -0.2) is 41.7 Å². The van der Waals surface area contributed by atoms with Gasteiger partial charge in [0.25, 0.3) is 0 Å². The minimum Gasteiger partial charge on any atom is -0.481 e. The number of aliphatic carboxylic acids is 1. The van der Waals surface area contributed by atoms with Crippen LogP contribution < -0.4 is 10.6 Å². The summed E-state index contributed by atoms with van der Waals surface area (Å²) in [4.78, 5) is 22.3. The monoisotopic (exact) mass is 262 g/mol. The molecular weight excluding hydrogens is 240 g/mol. The van der Waals surface area contributed by atoms with Crippen molar-refractivity contribution in [2.45, 2.75) is 33.2 Å². The molecule has 0 aliphatic rings. The standard InChI is InChI=1S/C11H22N2O3S/c1-8(5-6-17-4)13-10(16)12-7-11(2,3)9(14)15/h8H,5-7H2,1-4H3,(H,14,15)(H2,12,13,16). The number of rotatable bonds is 7. The van der Waals surface area contributed by atoms with E-state index < -0.39 is 11.4 Å². The third-order valence-electron chi connectivity index (χ3n) is 2.40. The molecule has 6 heteroatoms. The van der Waals surface area contributed by atoms with Crippen LogP contribution in [0.5, 0.6) is 0 Å². The van der Waals surface area contributed by atoms with Crippen LogP contribution in [0.1, 0.15) is 27.2 Å². The summed E-state index contributed by atoms with van der Waals surface area (Å²) in [5.41, 5.74) is -0.945. The Hall–Kier alpha value is -0.910. The summed E-state index contributed by atoms with van der Waals surface area (Å²) in [5, 5.41) is 14.2. The van der Waals surface area contributed by atoms with E-state index in [1.807, 2.05) is 13.2 Å². The van der Waals surface area contributed by atoms with Gasteiger partial charge < -0.3 is 15.7 Å². The van der Waals surface area contributed by atoms with Crippen molar-refractivity contribution in [3.63, 3.8) is 0 Å². The highest BCUT2D eigenvalue weighted by molar-refractivity contribution is 7.98. The van der Waals surface area contributed by atoms with Gasteiger partial charge >= 0.3 is 12.0 Å². The number of nitrogens with one attached hydrogen (secondary N) is 2. The van der Waals surface area contributed by atoms with Gasteiger partial charge in [-0.25, -0.2) is 4.79 Å². The molecule has 0 saturated carbocycles. The normalized spacial score (nSPS) is 12.9. The van der Waals surface area contributed by atoms with Crippen LogP contribution in [-0.2, 0) is 4.79 Å². The van der Waals surface area contributed by atoms with E-state index in [9.17, 15) is 9.59 Å². The third-order valence-corrected chi connectivity index (χ3v) is 3.05. The van der Waals surface area contributed by atoms with E-state index in [-0.39, 0.29) is 18.6 Å². The lowest BCUT2D eigenvalue weighted by Gasteiger charge is -2.21. The first-order valence-electron chi connectivity index (χ1n) is 5.56. The molecule has 0 spiro atoms. The van der Waals surface area contributed by atoms with E-state index in [0.717, 1.165) is 12.2 Å². The molecule has 0 aromatic carbocycles. The van der Waals surface area contributed by atoms with Crippen molar-refractivity contribution in [2.24, 2.45) is 5.41 Å². The van der Waals surface area contributed by atoms with E-state index in [1.54, 1.807) is 25.6 Å². The number of thioether (sulfide) groups is 1. The maximum atomic E-state index is 11.5. The number of carbonyl (C=O) groups is 2. The Morgan fingerprint density at radius 2 is 2.00 bits per heavy atom. The average Bonchev–Trinajstić information content (AvgIpc) is 2.23. The number of hydrogen-bond acceptors (Lipinski definition) is 3. The number of carbonyl (C=O) groups excluding carboxylic acids is 1. The van der Waals surface area contributed by atoms with Gasteiger partial charge in [0.15, 0.2) is 0 Å². The van der Waals surface area contributed by atoms with Crippen LogP contribution in [0.4, 0.5) is 4.79 Å². The van der Waals surface area contributed by atoms with Crippen LogP contribution in [0.3, 0.4) is 0 Å². The van der Waals surface area contributed by atoms with E-state index >= 15 is 0 Å². The second-order valence-electron chi connectivity index (χ2n) is 4.70. The molecule has 1 unspecified atom stereocenters. The van der Waals surface area contributed by atoms with E-state index in [0.29, 0.717) is 0 Å². The van der Waals surface area contributed by atoms with Gasteiger partial charge in [0, 0.05) is 12.6 Å². The molecule has 0 aliphatic heterocycles. The highest BCUT2D eigenvalue weighted by Gasteiger charge is 2.27. The third kappa shape index (κ3) is 7.10. The number of hydrogen-bond donors (Lipinski definition) is 3. The van der Waals surface area contributed by atoms with Gasteiger partial charge in [-0.1, -0.05) is 0 Å². The number of carboxylic acid groups (broad SMARTS) is 1. The molecule has 5 nitrogen and oxygen atoms in total. The first-order valence-corrected chi connectivity index (χ1v) is 6.95. The molecule has 17 heavy (non-hydrogen) atoms. The van der Waals surface area contributed by atoms with Gasteiger partial charge in [-0.3, -0.25) is 4.79 Å². The first-order chi connectivity index (χ1) is 7.79. The van der Waals surface area contributed by atoms with Gasteiger partial charge in [0.05, 0.1) is 5.41 Å². The second-order valence-corrected chi connectivity index (χ2v) is 5.68. The molecule has 0 aromatic rings. The Labute approximate surface area is 107 Å². The zero-order valence-electron chi connectivity index (χ0n) is 10.9. The van der Waals surface area contributed by atoms with Crippen molar-refractivity contribution in [2.75, 3.05) is 18.6 Å². The molecule has 0 radical (unpaired) electrons. The zero-order chi connectivity index (χ0) is 13.5. The maximum absolute atomic E-state index is 11.5. The molecule has 0 heterocycles. The summed E-state index contributed by atoms with van der Waals surface area (Å²) in [6.07, 6.45) is 2.92. The lowest BCUT2D eigenvalue weighted by molar-refractivity contribution is -0.146. The van der Waals surface area contributed by atoms with Crippen LogP contribution in [0, 0.1) is 5.41 Å². The Kier molecular flexibility index (Phi) is 7.03. The smallest absolute Gasteiger partial charge is 0.315 e. The summed E-state index contributed by atoms with van der Waals surface area (Å²) >= 11 is 1.73. The van der Waals surface area contributed by atoms with Crippen molar-refractivity contribution in [1.82, 2.24) is 10.6 Å². The Morgan fingerprint density at radius 3 is 2.47 bits per heavy atom. The number of amides is 2. The molecule has 0 saturated heterocycles. The quantitative estimate of drug-likeness (QED) is 0.650. The summed E-state index contributed by atoms with van der Waals surface area (Å²) in [5.74, 6) is 0.0652. The molecule has 2 amide bonds. The molecule has 0 rings (SSSR count). The van der Waals surface area contributed by atoms with Gasteiger partial charge in [0.2, 0.25) is 0 Å². The predicted octanol–water partition coefficient (Wildman–Crippen LogP) is 1.54. The Balaban J connectivity index is 3.91. The van der Waals surface area contributed by atoms with E-state index in [1.165, 1.54) is 0 Å². The lowest BCUT2D eigenvalue weighted by Crippen LogP contribution is -2.46. The fraction of sp³-hybridized carbons (Fsp3) is 0.818. The van der Waals surface area contributed by atoms with Crippen LogP contribution in [0.25, 0.3) is 0 Å². The zero-order valence-corrected chi connectivity index (χ0v) is 11.7. The lowest BCUT2D eigenvalue weighted by atomic mass is 9.94. The summed E-state index contributed by atoms with van der Waals surface area (Å²) in [6.45, 7) is 5.20. The average molecular weight is 262 g/mol. The maximum Gasteiger partial charge on any atom is 0.315 e. The molecule has 0 bridgehead atoms. The summed E-state index contributed by atoms with van der Waals surface area (Å²) in [7, 11) is 0. The summed E-state index contributed by atoms with van der Waals surface area (Å²) in [6, 6.07) is -0.219. The van der Waals surface area contributed by atoms with Crippen molar-refractivity contribution in [3.05, 3.63) is 0 Å². The highest BCUT2D eigenvalue weighted by atomic mass is 32.2. The van der Waals surface area contributed by atoms with E-state index in [4.69, 9.17) is 5.11 Å². The van der Waals surface area contributed by atoms with Gasteiger partial charge in [0.1, 0.15) is 0 Å². The van der Waals surface area contributed by atoms with Crippen molar-refractivity contribution >= 4 is 23.8 Å². The molecule has 0 fully saturated rings. The van der Waals surface area contributed by atoms with Crippen molar-refractivity contribution in [1.29, 1.82) is 0 Å². The van der Waals surface area contributed by atoms with Crippen LogP contribution in [0.15, 0.2) is 0 Å². The van der Waals surface area contributed by atoms with Gasteiger partial charge in [-0.15, -0.1) is 0 Å². The molecule has 0 aliphatic carbocycles. The fourth-order valence-corrected chi connectivity index (χ4v) is 1.61. The Morgan fingerprint density at radius 1 is 1.41 bits per heavy atom. The molecule has 100 valence electrons. The first kappa shape index (κ1) is 16.1. The van der Waals surface area contributed by atoms with E-state index in [2.05, 4.69) is 10.6 Å². The van der Waals surface area contributed by atoms with Crippen molar-refractivity contribution < 1.29 is 14.7 Å². The van der Waals surface area contributed by atoms with Crippen LogP contribution in [0.2, 0.25) is 0 Å². The predicted molar refractivity (Wildman–Crippen MR) is 70.4 cm³/mol. The van der Waals surface area contributed by atoms with Gasteiger partial charge in [-0.2, -0.15) is 11.8 Å². The Bertz CT molecular complexity index is 269. The minimum atomic E-state index is -0.945. The molecule has 0 aromatic heterocycles. The van der Waals surface area contributed by atoms with Gasteiger partial charge in [-0.05, 0) is 39.2 Å². The second kappa shape index (κ2) is 7.42. The minimum absolute atomic E-state index is 0.0930. The number of carboxylic acids is 1. The van der Waals surface area contributed by atoms with Crippen LogP contribution >= 0.6 is 11.8 Å². The molecule has 1 atom stereocenters. The largest absolute Gasteiger partial charge is 0.481 e. The topological polar surface area (TPSA) is 78.4 Å².